The number of anilines is 2. The van der Waals surface area contributed by atoms with Gasteiger partial charge in [0.05, 0.1) is 17.4 Å². The first kappa shape index (κ1) is 15.6. The highest BCUT2D eigenvalue weighted by molar-refractivity contribution is 6.31. The number of carbonyl (C=O) groups excluding carboxylic acids is 1. The Morgan fingerprint density at radius 1 is 1.48 bits per heavy atom. The van der Waals surface area contributed by atoms with Crippen LogP contribution in [0.3, 0.4) is 0 Å². The van der Waals surface area contributed by atoms with E-state index in [-0.39, 0.29) is 5.91 Å². The third-order valence-corrected chi connectivity index (χ3v) is 3.72. The Bertz CT molecular complexity index is 551. The predicted octanol–water partition coefficient (Wildman–Crippen LogP) is 2.63. The molecule has 0 bridgehead atoms. The van der Waals surface area contributed by atoms with E-state index in [2.05, 4.69) is 16.3 Å². The second-order valence-corrected chi connectivity index (χ2v) is 5.64. The summed E-state index contributed by atoms with van der Waals surface area (Å²) < 4.78 is 0. The van der Waals surface area contributed by atoms with Gasteiger partial charge in [-0.15, -0.1) is 0 Å². The molecule has 2 rings (SSSR count). The van der Waals surface area contributed by atoms with Crippen molar-refractivity contribution in [3.8, 4) is 6.07 Å². The van der Waals surface area contributed by atoms with Crippen LogP contribution in [0.1, 0.15) is 25.7 Å². The van der Waals surface area contributed by atoms with Crippen LogP contribution in [0.5, 0.6) is 0 Å². The summed E-state index contributed by atoms with van der Waals surface area (Å²) in [6.45, 7) is 1.41. The molecule has 3 N–H and O–H groups in total. The summed E-state index contributed by atoms with van der Waals surface area (Å²) in [6, 6.07) is 7.70. The summed E-state index contributed by atoms with van der Waals surface area (Å²) in [5.74, 6) is -0.0772. The molecule has 0 aromatic heterocycles. The number of nitrogen functional groups attached to an aromatic ring is 1. The molecule has 0 spiro atoms. The van der Waals surface area contributed by atoms with Crippen molar-refractivity contribution in [2.75, 3.05) is 24.1 Å². The second-order valence-electron chi connectivity index (χ2n) is 5.21. The molecule has 1 fully saturated rings. The van der Waals surface area contributed by atoms with Gasteiger partial charge >= 0.3 is 0 Å². The molecule has 1 aliphatic rings. The van der Waals surface area contributed by atoms with E-state index in [1.54, 1.807) is 18.2 Å². The van der Waals surface area contributed by atoms with Gasteiger partial charge in [-0.2, -0.15) is 5.26 Å². The Hall–Kier alpha value is -1.77. The fraction of sp³-hybridized carbons (Fsp3) is 0.467. The van der Waals surface area contributed by atoms with E-state index in [0.29, 0.717) is 41.8 Å². The number of halogens is 1. The third kappa shape index (κ3) is 4.92. The molecular formula is C15H19ClN4O. The summed E-state index contributed by atoms with van der Waals surface area (Å²) >= 11 is 5.82. The third-order valence-electron chi connectivity index (χ3n) is 3.49. The molecule has 1 aliphatic carbocycles. The van der Waals surface area contributed by atoms with Crippen LogP contribution in [0.15, 0.2) is 18.2 Å². The smallest absolute Gasteiger partial charge is 0.225 e. The minimum Gasteiger partial charge on any atom is -0.397 e. The molecule has 0 saturated heterocycles. The summed E-state index contributed by atoms with van der Waals surface area (Å²) in [5.41, 5.74) is 6.84. The van der Waals surface area contributed by atoms with E-state index in [1.807, 2.05) is 0 Å². The summed E-state index contributed by atoms with van der Waals surface area (Å²) in [6.07, 6.45) is 3.22. The van der Waals surface area contributed by atoms with Crippen molar-refractivity contribution >= 4 is 28.9 Å². The molecule has 1 saturated carbocycles. The van der Waals surface area contributed by atoms with Crippen molar-refractivity contribution in [2.45, 2.75) is 31.7 Å². The number of benzene rings is 1. The first-order valence-electron chi connectivity index (χ1n) is 7.06. The van der Waals surface area contributed by atoms with Crippen LogP contribution < -0.4 is 11.1 Å². The zero-order valence-electron chi connectivity index (χ0n) is 11.8. The quantitative estimate of drug-likeness (QED) is 0.759. The number of carbonyl (C=O) groups is 1. The van der Waals surface area contributed by atoms with Gasteiger partial charge in [0.15, 0.2) is 0 Å². The van der Waals surface area contributed by atoms with E-state index >= 15 is 0 Å². The molecule has 0 radical (unpaired) electrons. The van der Waals surface area contributed by atoms with Crippen LogP contribution in [0, 0.1) is 11.3 Å². The topological polar surface area (TPSA) is 82.2 Å². The summed E-state index contributed by atoms with van der Waals surface area (Å²) in [7, 11) is 0. The van der Waals surface area contributed by atoms with Gasteiger partial charge in [-0.3, -0.25) is 9.69 Å². The first-order valence-corrected chi connectivity index (χ1v) is 7.44. The van der Waals surface area contributed by atoms with Crippen LogP contribution in [0.25, 0.3) is 0 Å². The molecule has 0 unspecified atom stereocenters. The van der Waals surface area contributed by atoms with Gasteiger partial charge in [0, 0.05) is 37.0 Å². The molecule has 1 aromatic rings. The Morgan fingerprint density at radius 3 is 2.86 bits per heavy atom. The molecule has 0 aliphatic heterocycles. The van der Waals surface area contributed by atoms with Crippen molar-refractivity contribution in [3.63, 3.8) is 0 Å². The highest BCUT2D eigenvalue weighted by atomic mass is 35.5. The Kier molecular flexibility index (Phi) is 5.43. The van der Waals surface area contributed by atoms with Crippen LogP contribution in [-0.2, 0) is 4.79 Å². The summed E-state index contributed by atoms with van der Waals surface area (Å²) in [4.78, 5) is 14.2. The van der Waals surface area contributed by atoms with E-state index in [4.69, 9.17) is 22.6 Å². The maximum absolute atomic E-state index is 12.0. The monoisotopic (exact) mass is 306 g/mol. The zero-order valence-corrected chi connectivity index (χ0v) is 12.6. The van der Waals surface area contributed by atoms with E-state index in [1.165, 1.54) is 0 Å². The normalized spacial score (nSPS) is 14.0. The average molecular weight is 307 g/mol. The molecule has 0 atom stereocenters. The molecule has 6 heteroatoms. The maximum Gasteiger partial charge on any atom is 0.225 e. The molecule has 1 amide bonds. The maximum atomic E-state index is 12.0. The van der Waals surface area contributed by atoms with Gasteiger partial charge in [0.2, 0.25) is 5.91 Å². The number of nitrogens with one attached hydrogen (secondary N) is 1. The number of nitrogens with two attached hydrogens (primary N) is 1. The van der Waals surface area contributed by atoms with Gasteiger partial charge in [0.1, 0.15) is 0 Å². The van der Waals surface area contributed by atoms with Crippen LogP contribution >= 0.6 is 11.6 Å². The van der Waals surface area contributed by atoms with E-state index in [9.17, 15) is 4.79 Å². The predicted molar refractivity (Wildman–Crippen MR) is 83.9 cm³/mol. The van der Waals surface area contributed by atoms with Crippen molar-refractivity contribution in [3.05, 3.63) is 23.2 Å². The Balaban J connectivity index is 1.82. The fourth-order valence-electron chi connectivity index (χ4n) is 2.22. The SMILES string of the molecule is N#CCCN(CCC(=O)Nc1ccc(Cl)cc1N)C1CC1. The van der Waals surface area contributed by atoms with Crippen molar-refractivity contribution < 1.29 is 4.79 Å². The van der Waals surface area contributed by atoms with Crippen LogP contribution in [0.4, 0.5) is 11.4 Å². The fourth-order valence-corrected chi connectivity index (χ4v) is 2.40. The first-order chi connectivity index (χ1) is 10.1. The number of hydrogen-bond acceptors (Lipinski definition) is 4. The zero-order chi connectivity index (χ0) is 15.2. The molecule has 1 aromatic carbocycles. The minimum atomic E-state index is -0.0772. The molecule has 0 heterocycles. The van der Waals surface area contributed by atoms with Gasteiger partial charge in [-0.05, 0) is 31.0 Å². The van der Waals surface area contributed by atoms with Crippen LogP contribution in [0.2, 0.25) is 5.02 Å². The molecular weight excluding hydrogens is 288 g/mol. The minimum absolute atomic E-state index is 0.0772. The van der Waals surface area contributed by atoms with E-state index in [0.717, 1.165) is 19.4 Å². The standard InChI is InChI=1S/C15H19ClN4O/c16-11-2-5-14(13(18)10-11)19-15(21)6-9-20(8-1-7-17)12-3-4-12/h2,5,10,12H,1,3-4,6,8-9,18H2,(H,19,21). The van der Waals surface area contributed by atoms with Gasteiger partial charge in [-0.1, -0.05) is 11.6 Å². The summed E-state index contributed by atoms with van der Waals surface area (Å²) in [5, 5.41) is 12.0. The molecule has 112 valence electrons. The van der Waals surface area contributed by atoms with Crippen LogP contribution in [-0.4, -0.2) is 29.9 Å². The van der Waals surface area contributed by atoms with Gasteiger partial charge in [0.25, 0.3) is 0 Å². The lowest BCUT2D eigenvalue weighted by Crippen LogP contribution is -2.30. The lowest BCUT2D eigenvalue weighted by atomic mass is 10.2. The van der Waals surface area contributed by atoms with E-state index < -0.39 is 0 Å². The number of nitriles is 1. The molecule has 21 heavy (non-hydrogen) atoms. The lowest BCUT2D eigenvalue weighted by molar-refractivity contribution is -0.116. The highest BCUT2D eigenvalue weighted by Crippen LogP contribution is 2.27. The van der Waals surface area contributed by atoms with Crippen molar-refractivity contribution in [2.24, 2.45) is 0 Å². The lowest BCUT2D eigenvalue weighted by Gasteiger charge is -2.20. The highest BCUT2D eigenvalue weighted by Gasteiger charge is 2.28. The number of nitrogens with zero attached hydrogens (tertiary/aromatic N) is 2. The number of hydrogen-bond donors (Lipinski definition) is 2. The van der Waals surface area contributed by atoms with Gasteiger partial charge in [-0.25, -0.2) is 0 Å². The van der Waals surface area contributed by atoms with Crippen molar-refractivity contribution in [1.29, 1.82) is 5.26 Å². The van der Waals surface area contributed by atoms with Gasteiger partial charge < -0.3 is 11.1 Å². The van der Waals surface area contributed by atoms with Crippen molar-refractivity contribution in [1.82, 2.24) is 4.90 Å². The average Bonchev–Trinajstić information content (AvgIpc) is 3.27. The Morgan fingerprint density at radius 2 is 2.24 bits per heavy atom. The Labute approximate surface area is 129 Å². The largest absolute Gasteiger partial charge is 0.397 e. The number of amides is 1. The second kappa shape index (κ2) is 7.30. The molecule has 5 nitrogen and oxygen atoms in total. The number of rotatable bonds is 7.